The Morgan fingerprint density at radius 2 is 1.75 bits per heavy atom. The van der Waals surface area contributed by atoms with E-state index in [1.54, 1.807) is 35.9 Å². The van der Waals surface area contributed by atoms with E-state index >= 15 is 0 Å². The Morgan fingerprint density at radius 3 is 2.31 bits per heavy atom. The zero-order chi connectivity index (χ0) is 25.4. The molecule has 32 heavy (non-hydrogen) atoms. The minimum atomic E-state index is -2.04. The van der Waals surface area contributed by atoms with Gasteiger partial charge < -0.3 is 34.6 Å². The molecule has 2 heterocycles. The Hall–Kier alpha value is -2.17. The first-order chi connectivity index (χ1) is 15.9. The van der Waals surface area contributed by atoms with E-state index in [0.29, 0.717) is 17.0 Å². The number of aliphatic hydroxyl groups is 4. The number of nitrogens with zero attached hydrogens (tertiary/aromatic N) is 2. The van der Waals surface area contributed by atoms with Crippen molar-refractivity contribution in [1.82, 2.24) is 9.78 Å². The number of aromatic nitrogens is 2. The van der Waals surface area contributed by atoms with Crippen molar-refractivity contribution >= 4 is 0 Å². The molecule has 3 rings (SSSR count). The molecule has 0 aliphatic carbocycles. The van der Waals surface area contributed by atoms with Crippen LogP contribution in [0.4, 0.5) is 0 Å². The normalized spacial score (nSPS) is 27.4. The summed E-state index contributed by atoms with van der Waals surface area (Å²) >= 11 is 0. The highest BCUT2D eigenvalue weighted by Crippen LogP contribution is 2.31. The second kappa shape index (κ2) is 10.2. The van der Waals surface area contributed by atoms with Gasteiger partial charge in [-0.15, -0.1) is 5.10 Å². The van der Waals surface area contributed by atoms with Crippen LogP contribution < -0.4 is 9.47 Å². The van der Waals surface area contributed by atoms with Crippen LogP contribution in [-0.4, -0.2) is 73.6 Å². The van der Waals surface area contributed by atoms with Crippen molar-refractivity contribution in [3.8, 4) is 11.6 Å². The summed E-state index contributed by atoms with van der Waals surface area (Å²) in [6.45, 7) is 8.68. The van der Waals surface area contributed by atoms with E-state index in [-0.39, 0.29) is 23.6 Å². The van der Waals surface area contributed by atoms with Crippen molar-refractivity contribution < 1.29 is 37.4 Å². The third-order valence-corrected chi connectivity index (χ3v) is 5.18. The van der Waals surface area contributed by atoms with Crippen LogP contribution in [0.3, 0.4) is 0 Å². The SMILES string of the molecule is [2H]C([2H])(c1ccc(OC(C)C)cc1)c1c(O[C@@H]2O[C@H](CO)[C@@H](O)[C@H](O)[C@H]2O)nn(C(C)C)c1C. The Balaban J connectivity index is 2.01. The molecule has 9 heteroatoms. The van der Waals surface area contributed by atoms with Gasteiger partial charge in [-0.25, -0.2) is 0 Å². The Kier molecular flexibility index (Phi) is 6.89. The van der Waals surface area contributed by atoms with Gasteiger partial charge in [0.25, 0.3) is 0 Å². The summed E-state index contributed by atoms with van der Waals surface area (Å²) in [7, 11) is 0. The van der Waals surface area contributed by atoms with Crippen LogP contribution in [0.2, 0.25) is 0 Å². The van der Waals surface area contributed by atoms with Crippen LogP contribution in [0, 0.1) is 6.92 Å². The molecule has 1 aliphatic rings. The van der Waals surface area contributed by atoms with Gasteiger partial charge in [0.1, 0.15) is 30.2 Å². The zero-order valence-corrected chi connectivity index (χ0v) is 19.0. The highest BCUT2D eigenvalue weighted by molar-refractivity contribution is 5.38. The Morgan fingerprint density at radius 1 is 1.09 bits per heavy atom. The predicted octanol–water partition coefficient (Wildman–Crippen LogP) is 1.33. The maximum absolute atomic E-state index is 10.4. The van der Waals surface area contributed by atoms with Gasteiger partial charge in [0.15, 0.2) is 0 Å². The lowest BCUT2D eigenvalue weighted by atomic mass is 9.99. The van der Waals surface area contributed by atoms with Crippen molar-refractivity contribution in [1.29, 1.82) is 0 Å². The number of ether oxygens (including phenoxy) is 3. The Bertz CT molecular complexity index is 963. The third-order valence-electron chi connectivity index (χ3n) is 5.18. The summed E-state index contributed by atoms with van der Waals surface area (Å²) in [6, 6.07) is 6.51. The van der Waals surface area contributed by atoms with E-state index in [4.69, 9.17) is 17.0 Å². The van der Waals surface area contributed by atoms with E-state index in [2.05, 4.69) is 5.10 Å². The summed E-state index contributed by atoms with van der Waals surface area (Å²) in [5.41, 5.74) is 0.992. The molecule has 4 N–H and O–H groups in total. The molecular weight excluding hydrogens is 416 g/mol. The van der Waals surface area contributed by atoms with E-state index in [1.165, 1.54) is 0 Å². The summed E-state index contributed by atoms with van der Waals surface area (Å²) in [6.07, 6.45) is -9.52. The van der Waals surface area contributed by atoms with Crippen molar-refractivity contribution in [2.45, 2.75) is 83.8 Å². The molecule has 0 amide bonds. The summed E-state index contributed by atoms with van der Waals surface area (Å²) in [5.74, 6) is 0.491. The van der Waals surface area contributed by atoms with Crippen molar-refractivity contribution in [2.75, 3.05) is 6.61 Å². The fraction of sp³-hybridized carbons (Fsp3) is 0.609. The molecule has 0 saturated carbocycles. The molecule has 5 atom stereocenters. The monoisotopic (exact) mass is 452 g/mol. The van der Waals surface area contributed by atoms with Gasteiger partial charge in [-0.05, 0) is 52.3 Å². The molecule has 1 aliphatic heterocycles. The van der Waals surface area contributed by atoms with E-state index in [1.807, 2.05) is 27.7 Å². The van der Waals surface area contributed by atoms with Crippen LogP contribution in [0.15, 0.2) is 24.3 Å². The average molecular weight is 453 g/mol. The van der Waals surface area contributed by atoms with Gasteiger partial charge in [0.2, 0.25) is 12.2 Å². The highest BCUT2D eigenvalue weighted by atomic mass is 16.7. The third kappa shape index (κ3) is 5.24. The lowest BCUT2D eigenvalue weighted by Crippen LogP contribution is -2.60. The fourth-order valence-electron chi connectivity index (χ4n) is 3.53. The second-order valence-corrected chi connectivity index (χ2v) is 8.43. The molecular formula is C23H34N2O7. The molecule has 0 bridgehead atoms. The largest absolute Gasteiger partial charge is 0.491 e. The minimum Gasteiger partial charge on any atom is -0.491 e. The maximum atomic E-state index is 10.4. The summed E-state index contributed by atoms with van der Waals surface area (Å²) in [5, 5.41) is 44.4. The molecule has 9 nitrogen and oxygen atoms in total. The van der Waals surface area contributed by atoms with Gasteiger partial charge >= 0.3 is 0 Å². The smallest absolute Gasteiger partial charge is 0.239 e. The van der Waals surface area contributed by atoms with E-state index in [0.717, 1.165) is 0 Å². The van der Waals surface area contributed by atoms with E-state index in [9.17, 15) is 20.4 Å². The number of rotatable bonds is 8. The van der Waals surface area contributed by atoms with Gasteiger partial charge in [0.05, 0.1) is 12.7 Å². The molecule has 1 saturated heterocycles. The predicted molar refractivity (Wildman–Crippen MR) is 117 cm³/mol. The van der Waals surface area contributed by atoms with Crippen LogP contribution in [0.1, 0.15) is 53.3 Å². The van der Waals surface area contributed by atoms with Crippen molar-refractivity contribution in [2.24, 2.45) is 0 Å². The van der Waals surface area contributed by atoms with Gasteiger partial charge in [-0.1, -0.05) is 12.1 Å². The number of benzene rings is 1. The molecule has 1 aromatic carbocycles. The van der Waals surface area contributed by atoms with E-state index < -0.39 is 43.7 Å². The second-order valence-electron chi connectivity index (χ2n) is 8.43. The maximum Gasteiger partial charge on any atom is 0.239 e. The minimum absolute atomic E-state index is 0.0207. The number of hydrogen-bond acceptors (Lipinski definition) is 8. The van der Waals surface area contributed by atoms with Gasteiger partial charge in [0, 0.05) is 26.4 Å². The van der Waals surface area contributed by atoms with Gasteiger partial charge in [-0.3, -0.25) is 4.68 Å². The highest BCUT2D eigenvalue weighted by Gasteiger charge is 2.45. The standard InChI is InChI=1S/C23H34N2O7/c1-12(2)25-14(5)17(10-15-6-8-16(9-7-15)30-13(3)4)22(24-25)32-23-21(29)20(28)19(27)18(11-26)31-23/h6-9,12-13,18-21,23,26-29H,10-11H2,1-5H3/t18-,19-,20+,21-,23+/m1/s1/i10D2. The molecule has 0 unspecified atom stereocenters. The quantitative estimate of drug-likeness (QED) is 0.473. The van der Waals surface area contributed by atoms with Crippen molar-refractivity contribution in [3.63, 3.8) is 0 Å². The van der Waals surface area contributed by atoms with Crippen LogP contribution in [0.25, 0.3) is 0 Å². The summed E-state index contributed by atoms with van der Waals surface area (Å²) < 4.78 is 36.4. The van der Waals surface area contributed by atoms with Crippen LogP contribution >= 0.6 is 0 Å². The number of aliphatic hydroxyl groups excluding tert-OH is 4. The van der Waals surface area contributed by atoms with Crippen LogP contribution in [-0.2, 0) is 11.1 Å². The summed E-state index contributed by atoms with van der Waals surface area (Å²) in [4.78, 5) is 0. The number of hydrogen-bond donors (Lipinski definition) is 4. The zero-order valence-electron chi connectivity index (χ0n) is 21.0. The Labute approximate surface area is 191 Å². The topological polar surface area (TPSA) is 126 Å². The molecule has 2 aromatic rings. The fourth-order valence-corrected chi connectivity index (χ4v) is 3.53. The molecule has 0 spiro atoms. The van der Waals surface area contributed by atoms with Gasteiger partial charge in [-0.2, -0.15) is 0 Å². The van der Waals surface area contributed by atoms with Crippen molar-refractivity contribution in [3.05, 3.63) is 41.1 Å². The lowest BCUT2D eigenvalue weighted by Gasteiger charge is -2.39. The van der Waals surface area contributed by atoms with Crippen LogP contribution in [0.5, 0.6) is 11.6 Å². The molecule has 1 fully saturated rings. The molecule has 1 aromatic heterocycles. The lowest BCUT2D eigenvalue weighted by molar-refractivity contribution is -0.278. The first-order valence-corrected chi connectivity index (χ1v) is 10.7. The first kappa shape index (κ1) is 21.7. The average Bonchev–Trinajstić information content (AvgIpc) is 3.10. The first-order valence-electron chi connectivity index (χ1n) is 11.7. The molecule has 0 radical (unpaired) electrons. The molecule has 178 valence electrons.